The summed E-state index contributed by atoms with van der Waals surface area (Å²) in [6, 6.07) is 9.89. The summed E-state index contributed by atoms with van der Waals surface area (Å²) < 4.78 is 27.4. The first-order valence-corrected chi connectivity index (χ1v) is 10.3. The quantitative estimate of drug-likeness (QED) is 0.612. The predicted molar refractivity (Wildman–Crippen MR) is 112 cm³/mol. The van der Waals surface area contributed by atoms with Crippen LogP contribution in [0, 0.1) is 0 Å². The summed E-state index contributed by atoms with van der Waals surface area (Å²) in [5.41, 5.74) is 2.01. The van der Waals surface area contributed by atoms with Crippen molar-refractivity contribution in [1.82, 2.24) is 14.7 Å². The number of aliphatic hydroxyl groups is 1. The van der Waals surface area contributed by atoms with Gasteiger partial charge in [0.25, 0.3) is 12.3 Å². The zero-order valence-electron chi connectivity index (χ0n) is 15.9. The smallest absolute Gasteiger partial charge is 0.257 e. The molecule has 158 valence electrons. The first-order chi connectivity index (χ1) is 14.3. The number of benzene rings is 2. The maximum absolute atomic E-state index is 13.1. The molecule has 1 fully saturated rings. The van der Waals surface area contributed by atoms with E-state index in [4.69, 9.17) is 23.2 Å². The number of nitrogens with zero attached hydrogens (tertiary/aromatic N) is 3. The average molecular weight is 454 g/mol. The van der Waals surface area contributed by atoms with Crippen molar-refractivity contribution in [3.8, 4) is 11.3 Å². The average Bonchev–Trinajstić information content (AvgIpc) is 3.07. The minimum Gasteiger partial charge on any atom is -0.393 e. The van der Waals surface area contributed by atoms with Crippen LogP contribution in [0.5, 0.6) is 0 Å². The van der Waals surface area contributed by atoms with Gasteiger partial charge >= 0.3 is 0 Å². The van der Waals surface area contributed by atoms with E-state index < -0.39 is 13.0 Å². The molecule has 1 aromatic heterocycles. The van der Waals surface area contributed by atoms with Crippen LogP contribution in [-0.2, 0) is 6.54 Å². The van der Waals surface area contributed by atoms with Crippen molar-refractivity contribution in [1.29, 1.82) is 0 Å². The molecule has 1 amide bonds. The van der Waals surface area contributed by atoms with Crippen LogP contribution in [0.2, 0.25) is 10.0 Å². The lowest BCUT2D eigenvalue weighted by Gasteiger charge is -2.29. The molecule has 3 aromatic rings. The summed E-state index contributed by atoms with van der Waals surface area (Å²) in [5.74, 6) is -0.162. The summed E-state index contributed by atoms with van der Waals surface area (Å²) in [6.07, 6.45) is -1.88. The highest BCUT2D eigenvalue weighted by molar-refractivity contribution is 6.42. The first-order valence-electron chi connectivity index (χ1n) is 9.55. The van der Waals surface area contributed by atoms with E-state index in [1.165, 1.54) is 4.68 Å². The Labute approximate surface area is 181 Å². The van der Waals surface area contributed by atoms with Gasteiger partial charge in [-0.1, -0.05) is 29.3 Å². The molecule has 1 aliphatic heterocycles. The van der Waals surface area contributed by atoms with Crippen molar-refractivity contribution in [2.45, 2.75) is 31.9 Å². The maximum Gasteiger partial charge on any atom is 0.257 e. The lowest BCUT2D eigenvalue weighted by Crippen LogP contribution is -2.40. The molecular formula is C21H19Cl2F2N3O2. The standard InChI is InChI=1S/C21H19Cl2F2N3O2/c22-16-3-1-12(10-17(16)23)20-15-9-13(21(30)27-7-5-14(29)6-8-27)2-4-18(15)28(26-20)11-19(24)25/h1-4,9-10,14,19,29H,5-8,11H2. The molecule has 1 saturated heterocycles. The molecule has 0 bridgehead atoms. The molecule has 0 atom stereocenters. The van der Waals surface area contributed by atoms with Crippen LogP contribution in [-0.4, -0.2) is 51.3 Å². The van der Waals surface area contributed by atoms with Crippen molar-refractivity contribution < 1.29 is 18.7 Å². The fourth-order valence-corrected chi connectivity index (χ4v) is 3.99. The zero-order chi connectivity index (χ0) is 21.4. The van der Waals surface area contributed by atoms with E-state index in [1.54, 1.807) is 41.3 Å². The third-order valence-electron chi connectivity index (χ3n) is 5.25. The van der Waals surface area contributed by atoms with Gasteiger partial charge in [0.05, 0.1) is 21.7 Å². The third-order valence-corrected chi connectivity index (χ3v) is 5.99. The molecule has 5 nitrogen and oxygen atoms in total. The molecule has 9 heteroatoms. The maximum atomic E-state index is 13.1. The van der Waals surface area contributed by atoms with Crippen molar-refractivity contribution in [3.05, 3.63) is 52.0 Å². The summed E-state index contributed by atoms with van der Waals surface area (Å²) in [6.45, 7) is 0.389. The topological polar surface area (TPSA) is 58.4 Å². The summed E-state index contributed by atoms with van der Waals surface area (Å²) in [5, 5.41) is 15.3. The van der Waals surface area contributed by atoms with E-state index in [1.807, 2.05) is 0 Å². The van der Waals surface area contributed by atoms with Gasteiger partial charge in [-0.25, -0.2) is 8.78 Å². The Bertz CT molecular complexity index is 1100. The molecule has 4 rings (SSSR count). The molecule has 0 spiro atoms. The van der Waals surface area contributed by atoms with E-state index >= 15 is 0 Å². The minimum absolute atomic E-state index is 0.162. The Balaban J connectivity index is 1.78. The van der Waals surface area contributed by atoms with E-state index in [-0.39, 0.29) is 12.0 Å². The van der Waals surface area contributed by atoms with E-state index in [0.29, 0.717) is 63.7 Å². The number of aliphatic hydroxyl groups excluding tert-OH is 1. The number of rotatable bonds is 4. The Hall–Kier alpha value is -2.22. The summed E-state index contributed by atoms with van der Waals surface area (Å²) in [7, 11) is 0. The van der Waals surface area contributed by atoms with Crippen LogP contribution in [0.3, 0.4) is 0 Å². The fraction of sp³-hybridized carbons (Fsp3) is 0.333. The predicted octanol–water partition coefficient (Wildman–Crippen LogP) is 4.87. The Morgan fingerprint density at radius 3 is 2.53 bits per heavy atom. The lowest BCUT2D eigenvalue weighted by atomic mass is 10.0. The number of hydrogen-bond acceptors (Lipinski definition) is 3. The highest BCUT2D eigenvalue weighted by Crippen LogP contribution is 2.33. The van der Waals surface area contributed by atoms with Gasteiger partial charge in [0, 0.05) is 29.6 Å². The SMILES string of the molecule is O=C(c1ccc2c(c1)c(-c1ccc(Cl)c(Cl)c1)nn2CC(F)F)N1CCC(O)CC1. The van der Waals surface area contributed by atoms with Gasteiger partial charge in [0.15, 0.2) is 0 Å². The number of carbonyl (C=O) groups excluding carboxylic acids is 1. The highest BCUT2D eigenvalue weighted by Gasteiger charge is 2.24. The van der Waals surface area contributed by atoms with Crippen LogP contribution in [0.4, 0.5) is 8.78 Å². The number of halogens is 4. The van der Waals surface area contributed by atoms with Crippen LogP contribution >= 0.6 is 23.2 Å². The van der Waals surface area contributed by atoms with Gasteiger partial charge in [-0.3, -0.25) is 9.48 Å². The first kappa shape index (κ1) is 21.0. The Morgan fingerprint density at radius 2 is 1.87 bits per heavy atom. The van der Waals surface area contributed by atoms with Gasteiger partial charge in [0.1, 0.15) is 12.2 Å². The Morgan fingerprint density at radius 1 is 1.13 bits per heavy atom. The van der Waals surface area contributed by atoms with E-state index in [2.05, 4.69) is 5.10 Å². The van der Waals surface area contributed by atoms with Crippen LogP contribution < -0.4 is 0 Å². The van der Waals surface area contributed by atoms with Crippen LogP contribution in [0.25, 0.3) is 22.2 Å². The number of carbonyl (C=O) groups is 1. The fourth-order valence-electron chi connectivity index (χ4n) is 3.69. The van der Waals surface area contributed by atoms with E-state index in [0.717, 1.165) is 0 Å². The van der Waals surface area contributed by atoms with Crippen molar-refractivity contribution in [3.63, 3.8) is 0 Å². The molecule has 1 aliphatic rings. The van der Waals surface area contributed by atoms with Crippen molar-refractivity contribution >= 4 is 40.0 Å². The zero-order valence-corrected chi connectivity index (χ0v) is 17.4. The van der Waals surface area contributed by atoms with Crippen molar-refractivity contribution in [2.24, 2.45) is 0 Å². The molecular weight excluding hydrogens is 435 g/mol. The Kier molecular flexibility index (Phi) is 5.95. The number of aromatic nitrogens is 2. The second kappa shape index (κ2) is 8.49. The second-order valence-corrected chi connectivity index (χ2v) is 8.12. The number of alkyl halides is 2. The normalized spacial score (nSPS) is 15.3. The largest absolute Gasteiger partial charge is 0.393 e. The summed E-state index contributed by atoms with van der Waals surface area (Å²) >= 11 is 12.1. The molecule has 0 saturated carbocycles. The van der Waals surface area contributed by atoms with Gasteiger partial charge in [-0.05, 0) is 43.2 Å². The molecule has 2 aromatic carbocycles. The van der Waals surface area contributed by atoms with Gasteiger partial charge in [-0.2, -0.15) is 5.10 Å². The third kappa shape index (κ3) is 4.15. The number of fused-ring (bicyclic) bond motifs is 1. The molecule has 0 aliphatic carbocycles. The number of piperidine rings is 1. The lowest BCUT2D eigenvalue weighted by molar-refractivity contribution is 0.0546. The minimum atomic E-state index is -2.57. The van der Waals surface area contributed by atoms with Crippen LogP contribution in [0.15, 0.2) is 36.4 Å². The molecule has 2 heterocycles. The number of amides is 1. The molecule has 0 unspecified atom stereocenters. The van der Waals surface area contributed by atoms with Crippen LogP contribution in [0.1, 0.15) is 23.2 Å². The summed E-state index contributed by atoms with van der Waals surface area (Å²) in [4.78, 5) is 14.6. The van der Waals surface area contributed by atoms with Gasteiger partial charge < -0.3 is 10.0 Å². The van der Waals surface area contributed by atoms with Gasteiger partial charge in [-0.15, -0.1) is 0 Å². The molecule has 0 radical (unpaired) electrons. The number of likely N-dealkylation sites (tertiary alicyclic amines) is 1. The second-order valence-electron chi connectivity index (χ2n) is 7.31. The van der Waals surface area contributed by atoms with Crippen molar-refractivity contribution in [2.75, 3.05) is 13.1 Å². The van der Waals surface area contributed by atoms with Gasteiger partial charge in [0.2, 0.25) is 0 Å². The molecule has 1 N–H and O–H groups in total. The van der Waals surface area contributed by atoms with E-state index in [9.17, 15) is 18.7 Å². The monoisotopic (exact) mass is 453 g/mol. The highest BCUT2D eigenvalue weighted by atomic mass is 35.5. The number of hydrogen-bond donors (Lipinski definition) is 1. The molecule has 30 heavy (non-hydrogen) atoms.